The van der Waals surface area contributed by atoms with Gasteiger partial charge < -0.3 is 12.6 Å². The molecule has 0 aliphatic heterocycles. The summed E-state index contributed by atoms with van der Waals surface area (Å²) in [5, 5.41) is 0. The maximum atomic E-state index is 4.94. The Morgan fingerprint density at radius 2 is 0.778 bits per heavy atom. The van der Waals surface area contributed by atoms with Crippen LogP contribution < -0.4 is 0 Å². The third-order valence-electron chi connectivity index (χ3n) is 3.50. The van der Waals surface area contributed by atoms with Gasteiger partial charge in [0.15, 0.2) is 0 Å². The Kier molecular flexibility index (Phi) is 24.3. The minimum Gasteiger partial charge on any atom is -0.793 e. The first-order chi connectivity index (χ1) is 8.41. The average Bonchev–Trinajstić information content (AvgIpc) is 2.35. The van der Waals surface area contributed by atoms with Crippen molar-refractivity contribution in [1.29, 1.82) is 0 Å². The Balaban J connectivity index is 0. The fraction of sp³-hybridized carbons (Fsp3) is 1.00. The predicted octanol–water partition coefficient (Wildman–Crippen LogP) is 6.01. The van der Waals surface area contributed by atoms with E-state index in [0.29, 0.717) is 0 Å². The van der Waals surface area contributed by atoms with E-state index in [0.717, 1.165) is 5.75 Å². The summed E-state index contributed by atoms with van der Waals surface area (Å²) >= 11 is 4.94. The van der Waals surface area contributed by atoms with Crippen LogP contribution in [0, 0.1) is 0 Å². The van der Waals surface area contributed by atoms with Gasteiger partial charge in [-0.15, -0.1) is 0 Å². The molecule has 0 saturated carbocycles. The molecule has 0 rings (SSSR count). The van der Waals surface area contributed by atoms with Crippen molar-refractivity contribution in [3.8, 4) is 0 Å². The van der Waals surface area contributed by atoms with Crippen LogP contribution in [0.15, 0.2) is 0 Å². The molecular formula is C16H33AgS. The number of hydrogen-bond acceptors (Lipinski definition) is 1. The number of unbranched alkanes of at least 4 members (excludes halogenated alkanes) is 13. The van der Waals surface area contributed by atoms with E-state index in [1.54, 1.807) is 0 Å². The monoisotopic (exact) mass is 364 g/mol. The van der Waals surface area contributed by atoms with Crippen LogP contribution in [-0.2, 0) is 35.0 Å². The third-order valence-corrected chi connectivity index (χ3v) is 3.79. The molecule has 0 heterocycles. The SMILES string of the molecule is CCCCCCCCCCCCCCCC[S-].[Ag+]. The van der Waals surface area contributed by atoms with Gasteiger partial charge in [0.2, 0.25) is 0 Å². The number of hydrogen-bond donors (Lipinski definition) is 0. The Labute approximate surface area is 137 Å². The van der Waals surface area contributed by atoms with Crippen molar-refractivity contribution in [2.75, 3.05) is 5.75 Å². The summed E-state index contributed by atoms with van der Waals surface area (Å²) in [5.74, 6) is 0.956. The summed E-state index contributed by atoms with van der Waals surface area (Å²) in [7, 11) is 0. The molecule has 0 aliphatic rings. The summed E-state index contributed by atoms with van der Waals surface area (Å²) in [6.45, 7) is 2.29. The van der Waals surface area contributed by atoms with Crippen LogP contribution in [0.1, 0.15) is 96.8 Å². The molecule has 0 fully saturated rings. The van der Waals surface area contributed by atoms with Gasteiger partial charge in [0.1, 0.15) is 0 Å². The maximum absolute atomic E-state index is 4.94. The Morgan fingerprint density at radius 3 is 1.06 bits per heavy atom. The zero-order valence-electron chi connectivity index (χ0n) is 12.3. The topological polar surface area (TPSA) is 0 Å². The summed E-state index contributed by atoms with van der Waals surface area (Å²) in [4.78, 5) is 0. The first kappa shape index (κ1) is 21.4. The Hall–Kier alpha value is 1.09. The van der Waals surface area contributed by atoms with Crippen molar-refractivity contribution in [2.45, 2.75) is 96.8 Å². The normalized spacial score (nSPS) is 10.3. The van der Waals surface area contributed by atoms with Gasteiger partial charge in [0, 0.05) is 0 Å². The van der Waals surface area contributed by atoms with Gasteiger partial charge >= 0.3 is 22.4 Å². The molecular weight excluding hydrogens is 332 g/mol. The molecule has 0 aromatic carbocycles. The van der Waals surface area contributed by atoms with E-state index in [1.165, 1.54) is 89.9 Å². The van der Waals surface area contributed by atoms with E-state index in [4.69, 9.17) is 12.6 Å². The molecule has 2 heteroatoms. The minimum absolute atomic E-state index is 0. The fourth-order valence-electron chi connectivity index (χ4n) is 2.30. The first-order valence-corrected chi connectivity index (χ1v) is 8.57. The molecule has 0 bridgehead atoms. The molecule has 114 valence electrons. The Morgan fingerprint density at radius 1 is 0.500 bits per heavy atom. The van der Waals surface area contributed by atoms with Crippen LogP contribution in [0.4, 0.5) is 0 Å². The average molecular weight is 365 g/mol. The van der Waals surface area contributed by atoms with Crippen LogP contribution in [0.25, 0.3) is 0 Å². The smallest absolute Gasteiger partial charge is 0.793 e. The van der Waals surface area contributed by atoms with Gasteiger partial charge in [-0.1, -0.05) is 96.8 Å². The summed E-state index contributed by atoms with van der Waals surface area (Å²) in [5.41, 5.74) is 0. The Bertz CT molecular complexity index is 114. The largest absolute Gasteiger partial charge is 1.00 e. The van der Waals surface area contributed by atoms with E-state index in [2.05, 4.69) is 6.92 Å². The fourth-order valence-corrected chi connectivity index (χ4v) is 2.50. The molecule has 0 aromatic heterocycles. The first-order valence-electron chi connectivity index (χ1n) is 8.00. The van der Waals surface area contributed by atoms with Gasteiger partial charge in [-0.25, -0.2) is 0 Å². The van der Waals surface area contributed by atoms with Crippen LogP contribution in [0.2, 0.25) is 0 Å². The molecule has 0 radical (unpaired) electrons. The molecule has 0 aromatic rings. The molecule has 0 N–H and O–H groups in total. The van der Waals surface area contributed by atoms with Gasteiger partial charge in [-0.3, -0.25) is 0 Å². The quantitative estimate of drug-likeness (QED) is 0.206. The van der Waals surface area contributed by atoms with Gasteiger partial charge in [0.05, 0.1) is 0 Å². The van der Waals surface area contributed by atoms with Crippen molar-refractivity contribution in [3.63, 3.8) is 0 Å². The molecule has 0 unspecified atom stereocenters. The van der Waals surface area contributed by atoms with E-state index >= 15 is 0 Å². The second-order valence-corrected chi connectivity index (χ2v) is 5.71. The van der Waals surface area contributed by atoms with E-state index in [-0.39, 0.29) is 22.4 Å². The van der Waals surface area contributed by atoms with E-state index < -0.39 is 0 Å². The maximum Gasteiger partial charge on any atom is 1.00 e. The summed E-state index contributed by atoms with van der Waals surface area (Å²) in [6, 6.07) is 0. The van der Waals surface area contributed by atoms with Gasteiger partial charge in [0.25, 0.3) is 0 Å². The molecule has 0 saturated heterocycles. The van der Waals surface area contributed by atoms with Crippen molar-refractivity contribution >= 4 is 12.6 Å². The van der Waals surface area contributed by atoms with E-state index in [9.17, 15) is 0 Å². The van der Waals surface area contributed by atoms with Crippen molar-refractivity contribution in [2.24, 2.45) is 0 Å². The van der Waals surface area contributed by atoms with Crippen molar-refractivity contribution in [3.05, 3.63) is 0 Å². The van der Waals surface area contributed by atoms with Gasteiger partial charge in [-0.2, -0.15) is 5.75 Å². The summed E-state index contributed by atoms with van der Waals surface area (Å²) in [6.07, 6.45) is 20.0. The van der Waals surface area contributed by atoms with E-state index in [1.807, 2.05) is 0 Å². The third kappa shape index (κ3) is 19.4. The molecule has 0 nitrogen and oxygen atoms in total. The van der Waals surface area contributed by atoms with Crippen LogP contribution in [0.5, 0.6) is 0 Å². The zero-order chi connectivity index (χ0) is 12.6. The summed E-state index contributed by atoms with van der Waals surface area (Å²) < 4.78 is 0. The van der Waals surface area contributed by atoms with Crippen LogP contribution >= 0.6 is 0 Å². The second-order valence-electron chi connectivity index (χ2n) is 5.30. The van der Waals surface area contributed by atoms with Crippen LogP contribution in [0.3, 0.4) is 0 Å². The van der Waals surface area contributed by atoms with Crippen molar-refractivity contribution in [1.82, 2.24) is 0 Å². The number of rotatable bonds is 14. The zero-order valence-corrected chi connectivity index (χ0v) is 14.6. The molecule has 0 atom stereocenters. The van der Waals surface area contributed by atoms with Gasteiger partial charge in [-0.05, 0) is 0 Å². The minimum atomic E-state index is 0. The molecule has 0 aliphatic carbocycles. The van der Waals surface area contributed by atoms with Crippen molar-refractivity contribution < 1.29 is 22.4 Å². The molecule has 0 spiro atoms. The van der Waals surface area contributed by atoms with Crippen LogP contribution in [-0.4, -0.2) is 5.75 Å². The standard InChI is InChI=1S/C16H34S.Ag/c1-2-3-4-5-6-7-8-9-10-11-12-13-14-15-16-17;/h17H,2-16H2,1H3;/q;+1/p-1. The molecule has 18 heavy (non-hydrogen) atoms. The second kappa shape index (κ2) is 20.4. The predicted molar refractivity (Wildman–Crippen MR) is 82.5 cm³/mol. The molecule has 0 amide bonds.